The highest BCUT2D eigenvalue weighted by atomic mass is 32.1. The summed E-state index contributed by atoms with van der Waals surface area (Å²) < 4.78 is 0. The highest BCUT2D eigenvalue weighted by Crippen LogP contribution is 2.09. The van der Waals surface area contributed by atoms with Crippen LogP contribution >= 0.6 is 11.3 Å². The average Bonchev–Trinajstić information content (AvgIpc) is 2.76. The first kappa shape index (κ1) is 13.1. The molecule has 1 N–H and O–H groups in total. The smallest absolute Gasteiger partial charge is 0.0897 e. The molecule has 0 saturated carbocycles. The van der Waals surface area contributed by atoms with E-state index >= 15 is 0 Å². The summed E-state index contributed by atoms with van der Waals surface area (Å²) in [7, 11) is 2.13. The van der Waals surface area contributed by atoms with E-state index in [1.165, 1.54) is 11.4 Å². The second-order valence-corrected chi connectivity index (χ2v) is 5.45. The van der Waals surface area contributed by atoms with Gasteiger partial charge in [0.05, 0.1) is 10.7 Å². The van der Waals surface area contributed by atoms with Gasteiger partial charge in [-0.05, 0) is 26.1 Å². The normalized spacial score (nSPS) is 10.8. The van der Waals surface area contributed by atoms with Crippen molar-refractivity contribution in [1.29, 1.82) is 0 Å². The van der Waals surface area contributed by atoms with Crippen LogP contribution in [0, 0.1) is 6.92 Å². The van der Waals surface area contributed by atoms with Gasteiger partial charge in [-0.25, -0.2) is 4.98 Å². The summed E-state index contributed by atoms with van der Waals surface area (Å²) in [4.78, 5) is 6.76. The third-order valence-corrected chi connectivity index (χ3v) is 3.52. The number of likely N-dealkylation sites (N-methyl/N-ethyl adjacent to an activating group) is 1. The third-order valence-electron chi connectivity index (χ3n) is 2.69. The first-order chi connectivity index (χ1) is 8.74. The first-order valence-corrected chi connectivity index (χ1v) is 7.00. The number of para-hydroxylation sites is 1. The minimum atomic E-state index is 0.917. The summed E-state index contributed by atoms with van der Waals surface area (Å²) in [6, 6.07) is 10.3. The molecule has 4 heteroatoms. The number of hydrogen-bond acceptors (Lipinski definition) is 4. The first-order valence-electron chi connectivity index (χ1n) is 6.12. The zero-order valence-corrected chi connectivity index (χ0v) is 11.7. The van der Waals surface area contributed by atoms with E-state index in [1.807, 2.05) is 25.1 Å². The molecule has 18 heavy (non-hydrogen) atoms. The minimum absolute atomic E-state index is 0.917. The third kappa shape index (κ3) is 4.13. The van der Waals surface area contributed by atoms with Gasteiger partial charge in [-0.15, -0.1) is 11.3 Å². The van der Waals surface area contributed by atoms with Gasteiger partial charge < -0.3 is 5.32 Å². The Morgan fingerprint density at radius 1 is 1.28 bits per heavy atom. The molecule has 1 aromatic carbocycles. The van der Waals surface area contributed by atoms with E-state index in [9.17, 15) is 0 Å². The Hall–Kier alpha value is -1.39. The fourth-order valence-corrected chi connectivity index (χ4v) is 2.39. The molecule has 0 spiro atoms. The van der Waals surface area contributed by atoms with Crippen molar-refractivity contribution in [1.82, 2.24) is 9.88 Å². The number of rotatable bonds is 6. The molecule has 3 nitrogen and oxygen atoms in total. The average molecular weight is 261 g/mol. The summed E-state index contributed by atoms with van der Waals surface area (Å²) in [5.74, 6) is 0. The van der Waals surface area contributed by atoms with Gasteiger partial charge >= 0.3 is 0 Å². The molecular weight excluding hydrogens is 242 g/mol. The zero-order valence-electron chi connectivity index (χ0n) is 10.9. The van der Waals surface area contributed by atoms with Crippen molar-refractivity contribution in [3.05, 3.63) is 46.4 Å². The number of nitrogens with zero attached hydrogens (tertiary/aromatic N) is 2. The maximum atomic E-state index is 4.47. The number of aryl methyl sites for hydroxylation is 1. The maximum Gasteiger partial charge on any atom is 0.0897 e. The van der Waals surface area contributed by atoms with Gasteiger partial charge in [0.15, 0.2) is 0 Å². The lowest BCUT2D eigenvalue weighted by Gasteiger charge is -2.16. The van der Waals surface area contributed by atoms with Gasteiger partial charge in [-0.2, -0.15) is 0 Å². The summed E-state index contributed by atoms with van der Waals surface area (Å²) >= 11 is 1.71. The molecule has 1 aromatic heterocycles. The molecule has 0 amide bonds. The van der Waals surface area contributed by atoms with Crippen LogP contribution in [0.4, 0.5) is 5.69 Å². The quantitative estimate of drug-likeness (QED) is 0.866. The number of anilines is 1. The van der Waals surface area contributed by atoms with Gasteiger partial charge in [-0.3, -0.25) is 4.90 Å². The van der Waals surface area contributed by atoms with Crippen LogP contribution in [0.15, 0.2) is 35.7 Å². The molecular formula is C14H19N3S. The summed E-state index contributed by atoms with van der Waals surface area (Å²) in [5.41, 5.74) is 2.34. The monoisotopic (exact) mass is 261 g/mol. The van der Waals surface area contributed by atoms with Crippen LogP contribution in [0.2, 0.25) is 0 Å². The zero-order chi connectivity index (χ0) is 12.8. The van der Waals surface area contributed by atoms with E-state index in [-0.39, 0.29) is 0 Å². The van der Waals surface area contributed by atoms with Crippen LogP contribution in [-0.2, 0) is 6.54 Å². The fourth-order valence-electron chi connectivity index (χ4n) is 1.78. The van der Waals surface area contributed by atoms with Crippen LogP contribution in [0.1, 0.15) is 10.7 Å². The molecule has 2 aromatic rings. The van der Waals surface area contributed by atoms with Crippen molar-refractivity contribution in [2.24, 2.45) is 0 Å². The van der Waals surface area contributed by atoms with Crippen molar-refractivity contribution in [2.75, 3.05) is 25.5 Å². The van der Waals surface area contributed by atoms with E-state index in [0.29, 0.717) is 0 Å². The van der Waals surface area contributed by atoms with Gasteiger partial charge in [0, 0.05) is 30.7 Å². The van der Waals surface area contributed by atoms with E-state index in [0.717, 1.165) is 24.6 Å². The molecule has 0 aliphatic rings. The number of hydrogen-bond donors (Lipinski definition) is 1. The molecule has 0 bridgehead atoms. The molecule has 0 aliphatic heterocycles. The number of benzene rings is 1. The Balaban J connectivity index is 1.70. The largest absolute Gasteiger partial charge is 0.384 e. The molecule has 0 saturated heterocycles. The van der Waals surface area contributed by atoms with Crippen LogP contribution in [0.5, 0.6) is 0 Å². The highest BCUT2D eigenvalue weighted by Gasteiger charge is 2.03. The Morgan fingerprint density at radius 3 is 2.72 bits per heavy atom. The molecule has 0 radical (unpaired) electrons. The van der Waals surface area contributed by atoms with Crippen LogP contribution in [0.3, 0.4) is 0 Å². The van der Waals surface area contributed by atoms with Gasteiger partial charge in [-0.1, -0.05) is 18.2 Å². The fraction of sp³-hybridized carbons (Fsp3) is 0.357. The lowest BCUT2D eigenvalue weighted by molar-refractivity contribution is 0.336. The maximum absolute atomic E-state index is 4.47. The number of nitrogens with one attached hydrogen (secondary N) is 1. The van der Waals surface area contributed by atoms with Crippen molar-refractivity contribution < 1.29 is 0 Å². The van der Waals surface area contributed by atoms with Gasteiger partial charge in [0.25, 0.3) is 0 Å². The second-order valence-electron chi connectivity index (χ2n) is 4.39. The van der Waals surface area contributed by atoms with Crippen molar-refractivity contribution in [2.45, 2.75) is 13.5 Å². The standard InChI is InChI=1S/C14H19N3S/c1-12-16-14(11-18-12)10-17(2)9-8-15-13-6-4-3-5-7-13/h3-7,11,15H,8-10H2,1-2H3. The van der Waals surface area contributed by atoms with Crippen LogP contribution < -0.4 is 5.32 Å². The Morgan fingerprint density at radius 2 is 2.06 bits per heavy atom. The number of thiazole rings is 1. The van der Waals surface area contributed by atoms with Crippen molar-refractivity contribution in [3.8, 4) is 0 Å². The predicted molar refractivity (Wildman–Crippen MR) is 78.1 cm³/mol. The molecule has 0 fully saturated rings. The minimum Gasteiger partial charge on any atom is -0.384 e. The topological polar surface area (TPSA) is 28.2 Å². The second kappa shape index (κ2) is 6.52. The molecule has 0 unspecified atom stereocenters. The summed E-state index contributed by atoms with van der Waals surface area (Å²) in [5, 5.41) is 6.68. The van der Waals surface area contributed by atoms with E-state index in [1.54, 1.807) is 11.3 Å². The molecule has 2 rings (SSSR count). The van der Waals surface area contributed by atoms with E-state index in [2.05, 4.69) is 39.8 Å². The number of aromatic nitrogens is 1. The Bertz CT molecular complexity index is 467. The summed E-state index contributed by atoms with van der Waals surface area (Å²) in [6.07, 6.45) is 0. The van der Waals surface area contributed by atoms with Crippen LogP contribution in [0.25, 0.3) is 0 Å². The molecule has 0 aliphatic carbocycles. The molecule has 1 heterocycles. The van der Waals surface area contributed by atoms with Crippen molar-refractivity contribution >= 4 is 17.0 Å². The summed E-state index contributed by atoms with van der Waals surface area (Å²) in [6.45, 7) is 4.92. The predicted octanol–water partition coefficient (Wildman–Crippen LogP) is 3.00. The Kier molecular flexibility index (Phi) is 4.73. The van der Waals surface area contributed by atoms with E-state index in [4.69, 9.17) is 0 Å². The van der Waals surface area contributed by atoms with Crippen molar-refractivity contribution in [3.63, 3.8) is 0 Å². The lowest BCUT2D eigenvalue weighted by atomic mass is 10.3. The Labute approximate surface area is 112 Å². The van der Waals surface area contributed by atoms with Gasteiger partial charge in [0.1, 0.15) is 0 Å². The van der Waals surface area contributed by atoms with E-state index < -0.39 is 0 Å². The van der Waals surface area contributed by atoms with Crippen LogP contribution in [-0.4, -0.2) is 30.0 Å². The lowest BCUT2D eigenvalue weighted by Crippen LogP contribution is -2.24. The molecule has 96 valence electrons. The highest BCUT2D eigenvalue weighted by molar-refractivity contribution is 7.09. The molecule has 0 atom stereocenters. The van der Waals surface area contributed by atoms with Gasteiger partial charge in [0.2, 0.25) is 0 Å². The SMILES string of the molecule is Cc1nc(CN(C)CCNc2ccccc2)cs1.